The van der Waals surface area contributed by atoms with E-state index in [2.05, 4.69) is 17.0 Å². The lowest BCUT2D eigenvalue weighted by molar-refractivity contribution is -0.133. The van der Waals surface area contributed by atoms with Gasteiger partial charge >= 0.3 is 0 Å². The van der Waals surface area contributed by atoms with Crippen molar-refractivity contribution in [3.05, 3.63) is 59.7 Å². The van der Waals surface area contributed by atoms with Crippen molar-refractivity contribution in [3.8, 4) is 11.5 Å². The van der Waals surface area contributed by atoms with Gasteiger partial charge in [0.15, 0.2) is 0 Å². The third-order valence-corrected chi connectivity index (χ3v) is 4.97. The molecule has 0 spiro atoms. The molecule has 1 fully saturated rings. The first-order chi connectivity index (χ1) is 13.2. The summed E-state index contributed by atoms with van der Waals surface area (Å²) in [6.45, 7) is 6.85. The molecule has 3 rings (SSSR count). The number of aryl methyl sites for hydroxylation is 1. The van der Waals surface area contributed by atoms with Crippen LogP contribution in [-0.4, -0.2) is 53.6 Å². The Morgan fingerprint density at radius 2 is 1.74 bits per heavy atom. The number of carbonyl (C=O) groups excluding carboxylic acids is 1. The maximum atomic E-state index is 12.5. The van der Waals surface area contributed by atoms with Gasteiger partial charge in [-0.05, 0) is 42.7 Å². The Morgan fingerprint density at radius 3 is 2.41 bits per heavy atom. The highest BCUT2D eigenvalue weighted by Gasteiger charge is 2.21. The molecule has 144 valence electrons. The van der Waals surface area contributed by atoms with Crippen LogP contribution in [-0.2, 0) is 17.8 Å². The van der Waals surface area contributed by atoms with Crippen molar-refractivity contribution in [2.45, 2.75) is 26.3 Å². The maximum Gasteiger partial charge on any atom is 0.222 e. The van der Waals surface area contributed by atoms with Crippen LogP contribution in [0.15, 0.2) is 48.5 Å². The summed E-state index contributed by atoms with van der Waals surface area (Å²) in [6, 6.07) is 15.5. The molecule has 2 aromatic rings. The van der Waals surface area contributed by atoms with Gasteiger partial charge in [0.25, 0.3) is 0 Å². The van der Waals surface area contributed by atoms with Crippen LogP contribution in [0.2, 0.25) is 0 Å². The molecule has 2 aromatic carbocycles. The third-order valence-electron chi connectivity index (χ3n) is 4.97. The van der Waals surface area contributed by atoms with Crippen LogP contribution in [0, 0.1) is 0 Å². The third kappa shape index (κ3) is 5.47. The number of carbonyl (C=O) groups is 1. The lowest BCUT2D eigenvalue weighted by Crippen LogP contribution is -2.48. The van der Waals surface area contributed by atoms with Gasteiger partial charge in [-0.25, -0.2) is 0 Å². The van der Waals surface area contributed by atoms with Gasteiger partial charge in [-0.3, -0.25) is 9.69 Å². The fourth-order valence-electron chi connectivity index (χ4n) is 3.39. The van der Waals surface area contributed by atoms with Gasteiger partial charge in [0, 0.05) is 39.1 Å². The highest BCUT2D eigenvalue weighted by Crippen LogP contribution is 2.18. The second-order valence-electron chi connectivity index (χ2n) is 6.86. The molecule has 0 atom stereocenters. The first kappa shape index (κ1) is 19.2. The number of amides is 1. The zero-order valence-corrected chi connectivity index (χ0v) is 15.9. The Balaban J connectivity index is 1.42. The molecule has 1 heterocycles. The van der Waals surface area contributed by atoms with Crippen LogP contribution < -0.4 is 4.74 Å². The topological polar surface area (TPSA) is 53.0 Å². The summed E-state index contributed by atoms with van der Waals surface area (Å²) < 4.78 is 5.48. The minimum Gasteiger partial charge on any atom is -0.508 e. The molecule has 1 N–H and O–H groups in total. The quantitative estimate of drug-likeness (QED) is 0.816. The van der Waals surface area contributed by atoms with Crippen molar-refractivity contribution < 1.29 is 14.6 Å². The molecule has 0 aliphatic carbocycles. The zero-order valence-electron chi connectivity index (χ0n) is 15.9. The fourth-order valence-corrected chi connectivity index (χ4v) is 3.39. The van der Waals surface area contributed by atoms with E-state index in [1.54, 1.807) is 12.1 Å². The van der Waals surface area contributed by atoms with E-state index in [9.17, 15) is 9.90 Å². The molecule has 5 nitrogen and oxygen atoms in total. The molecule has 0 aromatic heterocycles. The first-order valence-corrected chi connectivity index (χ1v) is 9.64. The summed E-state index contributed by atoms with van der Waals surface area (Å²) in [5, 5.41) is 9.82. The molecule has 0 unspecified atom stereocenters. The summed E-state index contributed by atoms with van der Waals surface area (Å²) in [5.74, 6) is 1.34. The van der Waals surface area contributed by atoms with Crippen molar-refractivity contribution in [1.29, 1.82) is 0 Å². The number of para-hydroxylation sites is 1. The van der Waals surface area contributed by atoms with E-state index in [4.69, 9.17) is 4.74 Å². The number of hydrogen-bond acceptors (Lipinski definition) is 4. The lowest BCUT2D eigenvalue weighted by Gasteiger charge is -2.35. The van der Waals surface area contributed by atoms with Crippen LogP contribution in [0.4, 0.5) is 0 Å². The van der Waals surface area contributed by atoms with E-state index in [-0.39, 0.29) is 11.7 Å². The highest BCUT2D eigenvalue weighted by molar-refractivity contribution is 5.76. The Labute approximate surface area is 161 Å². The molecule has 1 amide bonds. The summed E-state index contributed by atoms with van der Waals surface area (Å²) in [5.41, 5.74) is 2.10. The zero-order chi connectivity index (χ0) is 19.1. The largest absolute Gasteiger partial charge is 0.508 e. The molecule has 0 bridgehead atoms. The summed E-state index contributed by atoms with van der Waals surface area (Å²) in [4.78, 5) is 16.8. The van der Waals surface area contributed by atoms with E-state index < -0.39 is 0 Å². The predicted octanol–water partition coefficient (Wildman–Crippen LogP) is 3.07. The van der Waals surface area contributed by atoms with E-state index in [0.717, 1.165) is 44.0 Å². The smallest absolute Gasteiger partial charge is 0.222 e. The number of piperazine rings is 1. The normalized spacial score (nSPS) is 14.9. The number of ether oxygens (including phenoxy) is 1. The molecule has 1 saturated heterocycles. The molecule has 0 radical (unpaired) electrons. The molecular weight excluding hydrogens is 340 g/mol. The average Bonchev–Trinajstić information content (AvgIpc) is 2.69. The van der Waals surface area contributed by atoms with Gasteiger partial charge < -0.3 is 14.7 Å². The monoisotopic (exact) mass is 368 g/mol. The van der Waals surface area contributed by atoms with Crippen molar-refractivity contribution in [1.82, 2.24) is 9.80 Å². The SMILES string of the molecule is CCOc1ccc(CN2CCN(C(=O)CCc3ccccc3O)CC2)cc1. The van der Waals surface area contributed by atoms with Crippen LogP contribution in [0.3, 0.4) is 0 Å². The second kappa shape index (κ2) is 9.42. The molecule has 1 aliphatic rings. The van der Waals surface area contributed by atoms with Gasteiger partial charge in [0.2, 0.25) is 5.91 Å². The van der Waals surface area contributed by atoms with E-state index in [1.807, 2.05) is 36.1 Å². The van der Waals surface area contributed by atoms with E-state index in [0.29, 0.717) is 19.4 Å². The number of phenols is 1. The van der Waals surface area contributed by atoms with Crippen molar-refractivity contribution in [3.63, 3.8) is 0 Å². The molecule has 0 saturated carbocycles. The molecular formula is C22H28N2O3. The van der Waals surface area contributed by atoms with Gasteiger partial charge in [0.05, 0.1) is 6.61 Å². The van der Waals surface area contributed by atoms with E-state index in [1.165, 1.54) is 5.56 Å². The lowest BCUT2D eigenvalue weighted by atomic mass is 10.1. The van der Waals surface area contributed by atoms with E-state index >= 15 is 0 Å². The second-order valence-corrected chi connectivity index (χ2v) is 6.86. The predicted molar refractivity (Wildman–Crippen MR) is 106 cm³/mol. The Kier molecular flexibility index (Phi) is 6.71. The summed E-state index contributed by atoms with van der Waals surface area (Å²) >= 11 is 0. The summed E-state index contributed by atoms with van der Waals surface area (Å²) in [7, 11) is 0. The minimum atomic E-state index is 0.166. The number of aromatic hydroxyl groups is 1. The number of nitrogens with zero attached hydrogens (tertiary/aromatic N) is 2. The van der Waals surface area contributed by atoms with Crippen LogP contribution in [0.25, 0.3) is 0 Å². The van der Waals surface area contributed by atoms with Crippen molar-refractivity contribution >= 4 is 5.91 Å². The molecule has 27 heavy (non-hydrogen) atoms. The standard InChI is InChI=1S/C22H28N2O3/c1-2-27-20-10-7-18(8-11-20)17-23-13-15-24(16-14-23)22(26)12-9-19-5-3-4-6-21(19)25/h3-8,10-11,25H,2,9,12-17H2,1H3. The molecule has 1 aliphatic heterocycles. The van der Waals surface area contributed by atoms with Crippen LogP contribution in [0.5, 0.6) is 11.5 Å². The Hall–Kier alpha value is -2.53. The van der Waals surface area contributed by atoms with Gasteiger partial charge in [-0.15, -0.1) is 0 Å². The van der Waals surface area contributed by atoms with Gasteiger partial charge in [-0.2, -0.15) is 0 Å². The van der Waals surface area contributed by atoms with Crippen LogP contribution in [0.1, 0.15) is 24.5 Å². The average molecular weight is 368 g/mol. The van der Waals surface area contributed by atoms with Gasteiger partial charge in [-0.1, -0.05) is 30.3 Å². The fraction of sp³-hybridized carbons (Fsp3) is 0.409. The minimum absolute atomic E-state index is 0.166. The first-order valence-electron chi connectivity index (χ1n) is 9.64. The number of rotatable bonds is 7. The summed E-state index contributed by atoms with van der Waals surface area (Å²) in [6.07, 6.45) is 1.02. The number of hydrogen-bond donors (Lipinski definition) is 1. The van der Waals surface area contributed by atoms with Crippen molar-refractivity contribution in [2.75, 3.05) is 32.8 Å². The number of phenolic OH excluding ortho intramolecular Hbond substituents is 1. The van der Waals surface area contributed by atoms with Crippen molar-refractivity contribution in [2.24, 2.45) is 0 Å². The maximum absolute atomic E-state index is 12.5. The van der Waals surface area contributed by atoms with Gasteiger partial charge in [0.1, 0.15) is 11.5 Å². The van der Waals surface area contributed by atoms with Crippen LogP contribution >= 0.6 is 0 Å². The Bertz CT molecular complexity index is 737. The molecule has 5 heteroatoms. The highest BCUT2D eigenvalue weighted by atomic mass is 16.5. The number of benzene rings is 2. The Morgan fingerprint density at radius 1 is 1.04 bits per heavy atom.